The minimum Gasteiger partial charge on any atom is -0.403 e. The van der Waals surface area contributed by atoms with E-state index in [0.29, 0.717) is 5.56 Å². The first-order valence-electron chi connectivity index (χ1n) is 6.44. The predicted octanol–water partition coefficient (Wildman–Crippen LogP) is 1.84. The maximum absolute atomic E-state index is 13.0. The number of anilines is 1. The number of aliphatic hydroxyl groups excluding tert-OH is 1. The lowest BCUT2D eigenvalue weighted by molar-refractivity contribution is -0.121. The van der Waals surface area contributed by atoms with Crippen LogP contribution < -0.4 is 16.0 Å². The number of benzene rings is 1. The highest BCUT2D eigenvalue weighted by Gasteiger charge is 2.25. The summed E-state index contributed by atoms with van der Waals surface area (Å²) >= 11 is 10.8. The normalized spacial score (nSPS) is 14.1. The molecule has 0 radical (unpaired) electrons. The number of hydrogen-bond donors (Lipinski definition) is 3. The van der Waals surface area contributed by atoms with Crippen LogP contribution in [-0.4, -0.2) is 35.6 Å². The molecule has 0 aliphatic rings. The quantitative estimate of drug-likeness (QED) is 0.656. The molecular weight excluding hydrogens is 332 g/mol. The van der Waals surface area contributed by atoms with Gasteiger partial charge in [0.15, 0.2) is 4.84 Å². The van der Waals surface area contributed by atoms with Crippen molar-refractivity contribution in [3.63, 3.8) is 0 Å². The Labute approximate surface area is 138 Å². The molecular formula is C14H18Cl2FN3O2. The molecule has 1 rings (SSSR count). The van der Waals surface area contributed by atoms with E-state index in [9.17, 15) is 14.3 Å². The molecule has 0 bridgehead atoms. The van der Waals surface area contributed by atoms with Crippen molar-refractivity contribution in [3.05, 3.63) is 42.2 Å². The van der Waals surface area contributed by atoms with Crippen LogP contribution in [0.5, 0.6) is 0 Å². The second kappa shape index (κ2) is 8.82. The van der Waals surface area contributed by atoms with Gasteiger partial charge < -0.3 is 21.1 Å². The monoisotopic (exact) mass is 349 g/mol. The Kier molecular flexibility index (Phi) is 7.44. The first-order chi connectivity index (χ1) is 10.4. The fraction of sp³-hybridized carbons (Fsp3) is 0.357. The summed E-state index contributed by atoms with van der Waals surface area (Å²) in [5.41, 5.74) is 6.60. The van der Waals surface area contributed by atoms with E-state index >= 15 is 0 Å². The smallest absolute Gasteiger partial charge is 0.253 e. The van der Waals surface area contributed by atoms with Crippen molar-refractivity contribution in [2.75, 3.05) is 18.6 Å². The number of aliphatic hydroxyl groups is 1. The molecule has 0 saturated heterocycles. The van der Waals surface area contributed by atoms with E-state index in [1.54, 1.807) is 42.4 Å². The van der Waals surface area contributed by atoms with Gasteiger partial charge in [-0.15, -0.1) is 0 Å². The van der Waals surface area contributed by atoms with Crippen molar-refractivity contribution in [2.24, 2.45) is 5.73 Å². The molecule has 0 aliphatic carbocycles. The van der Waals surface area contributed by atoms with Crippen LogP contribution in [-0.2, 0) is 4.79 Å². The van der Waals surface area contributed by atoms with Crippen LogP contribution in [0.15, 0.2) is 36.7 Å². The van der Waals surface area contributed by atoms with E-state index in [2.05, 4.69) is 5.32 Å². The van der Waals surface area contributed by atoms with Gasteiger partial charge in [0.1, 0.15) is 12.8 Å². The Morgan fingerprint density at radius 3 is 2.50 bits per heavy atom. The van der Waals surface area contributed by atoms with Crippen LogP contribution in [0.4, 0.5) is 10.1 Å². The molecule has 0 aliphatic heterocycles. The fourth-order valence-corrected chi connectivity index (χ4v) is 1.93. The topological polar surface area (TPSA) is 78.6 Å². The molecule has 1 amide bonds. The van der Waals surface area contributed by atoms with Crippen LogP contribution >= 0.6 is 23.2 Å². The predicted molar refractivity (Wildman–Crippen MR) is 86.5 cm³/mol. The van der Waals surface area contributed by atoms with E-state index in [4.69, 9.17) is 28.9 Å². The molecule has 0 fully saturated rings. The van der Waals surface area contributed by atoms with Gasteiger partial charge in [0.2, 0.25) is 0 Å². The van der Waals surface area contributed by atoms with Gasteiger partial charge in [-0.1, -0.05) is 35.3 Å². The minimum absolute atomic E-state index is 0.456. The molecule has 2 unspecified atom stereocenters. The van der Waals surface area contributed by atoms with Crippen LogP contribution in [0.1, 0.15) is 11.7 Å². The molecule has 8 heteroatoms. The Balaban J connectivity index is 2.82. The zero-order chi connectivity index (χ0) is 16.7. The SMILES string of the molecule is CN(/C=C\N)c1ccc(C(O)C(CF)NC(=O)C(Cl)Cl)cc1. The van der Waals surface area contributed by atoms with Crippen molar-refractivity contribution in [1.29, 1.82) is 0 Å². The van der Waals surface area contributed by atoms with Crippen LogP contribution in [0.25, 0.3) is 0 Å². The van der Waals surface area contributed by atoms with Gasteiger partial charge in [-0.3, -0.25) is 4.79 Å². The van der Waals surface area contributed by atoms with Crippen molar-refractivity contribution in [2.45, 2.75) is 17.0 Å². The molecule has 1 aromatic carbocycles. The number of carbonyl (C=O) groups excluding carboxylic acids is 1. The molecule has 5 nitrogen and oxygen atoms in total. The third-order valence-electron chi connectivity index (χ3n) is 3.02. The first-order valence-corrected chi connectivity index (χ1v) is 7.31. The average molecular weight is 350 g/mol. The highest BCUT2D eigenvalue weighted by Crippen LogP contribution is 2.22. The lowest BCUT2D eigenvalue weighted by Crippen LogP contribution is -2.43. The fourth-order valence-electron chi connectivity index (χ4n) is 1.80. The van der Waals surface area contributed by atoms with E-state index in [-0.39, 0.29) is 0 Å². The van der Waals surface area contributed by atoms with Gasteiger partial charge in [0.05, 0.1) is 6.04 Å². The number of halogens is 3. The highest BCUT2D eigenvalue weighted by atomic mass is 35.5. The molecule has 22 heavy (non-hydrogen) atoms. The molecule has 0 saturated carbocycles. The summed E-state index contributed by atoms with van der Waals surface area (Å²) in [6.45, 7) is -0.953. The molecule has 1 aromatic rings. The Morgan fingerprint density at radius 1 is 1.45 bits per heavy atom. The number of alkyl halides is 3. The third-order valence-corrected chi connectivity index (χ3v) is 3.42. The zero-order valence-electron chi connectivity index (χ0n) is 11.9. The second-order valence-corrected chi connectivity index (χ2v) is 5.66. The average Bonchev–Trinajstić information content (AvgIpc) is 2.52. The Hall–Kier alpha value is -1.50. The number of nitrogens with zero attached hydrogens (tertiary/aromatic N) is 1. The summed E-state index contributed by atoms with van der Waals surface area (Å²) in [6, 6.07) is 5.62. The molecule has 122 valence electrons. The van der Waals surface area contributed by atoms with Crippen LogP contribution in [0.3, 0.4) is 0 Å². The highest BCUT2D eigenvalue weighted by molar-refractivity contribution is 6.53. The molecule has 0 spiro atoms. The Morgan fingerprint density at radius 2 is 2.05 bits per heavy atom. The van der Waals surface area contributed by atoms with E-state index < -0.39 is 29.6 Å². The Bertz CT molecular complexity index is 511. The minimum atomic E-state index is -1.32. The second-order valence-electron chi connectivity index (χ2n) is 4.56. The zero-order valence-corrected chi connectivity index (χ0v) is 13.4. The number of nitrogens with one attached hydrogen (secondary N) is 1. The largest absolute Gasteiger partial charge is 0.403 e. The number of amides is 1. The summed E-state index contributed by atoms with van der Waals surface area (Å²) in [5, 5.41) is 12.4. The maximum Gasteiger partial charge on any atom is 0.253 e. The number of nitrogens with two attached hydrogens (primary N) is 1. The first kappa shape index (κ1) is 18.5. The number of rotatable bonds is 7. The lowest BCUT2D eigenvalue weighted by Gasteiger charge is -2.23. The van der Waals surface area contributed by atoms with E-state index in [1.807, 2.05) is 0 Å². The molecule has 4 N–H and O–H groups in total. The summed E-state index contributed by atoms with van der Waals surface area (Å²) in [5.74, 6) is -0.755. The summed E-state index contributed by atoms with van der Waals surface area (Å²) in [6.07, 6.45) is 1.84. The van der Waals surface area contributed by atoms with Gasteiger partial charge >= 0.3 is 0 Å². The van der Waals surface area contributed by atoms with Gasteiger partial charge in [-0.25, -0.2) is 4.39 Å². The maximum atomic E-state index is 13.0. The van der Waals surface area contributed by atoms with Crippen molar-refractivity contribution in [3.8, 4) is 0 Å². The molecule has 0 aromatic heterocycles. The standard InChI is InChI=1S/C14H18Cl2FN3O2/c1-20(7-6-18)10-4-2-9(3-5-10)12(21)11(8-17)19-14(22)13(15)16/h2-7,11-13,21H,8,18H2,1H3,(H,19,22)/b7-6-. The van der Waals surface area contributed by atoms with Gasteiger partial charge in [-0.05, 0) is 17.7 Å². The van der Waals surface area contributed by atoms with Gasteiger partial charge in [0.25, 0.3) is 5.91 Å². The third kappa shape index (κ3) is 5.05. The van der Waals surface area contributed by atoms with Crippen molar-refractivity contribution >= 4 is 34.8 Å². The molecule has 0 heterocycles. The van der Waals surface area contributed by atoms with Gasteiger partial charge in [0, 0.05) is 25.1 Å². The molecule has 2 atom stereocenters. The summed E-state index contributed by atoms with van der Waals surface area (Å²) in [4.78, 5) is 11.8. The number of carbonyl (C=O) groups is 1. The van der Waals surface area contributed by atoms with Crippen LogP contribution in [0, 0.1) is 0 Å². The van der Waals surface area contributed by atoms with E-state index in [0.717, 1.165) is 5.69 Å². The number of hydrogen-bond acceptors (Lipinski definition) is 4. The van der Waals surface area contributed by atoms with Crippen molar-refractivity contribution in [1.82, 2.24) is 5.32 Å². The van der Waals surface area contributed by atoms with Crippen LogP contribution in [0.2, 0.25) is 0 Å². The lowest BCUT2D eigenvalue weighted by atomic mass is 10.0. The summed E-state index contributed by atoms with van der Waals surface area (Å²) < 4.78 is 13.0. The van der Waals surface area contributed by atoms with Gasteiger partial charge in [-0.2, -0.15) is 0 Å². The van der Waals surface area contributed by atoms with E-state index in [1.165, 1.54) is 6.20 Å². The summed E-state index contributed by atoms with van der Waals surface area (Å²) in [7, 11) is 1.81. The van der Waals surface area contributed by atoms with Crippen molar-refractivity contribution < 1.29 is 14.3 Å².